The van der Waals surface area contributed by atoms with E-state index in [1.54, 1.807) is 7.05 Å². The third-order valence-corrected chi connectivity index (χ3v) is 3.08. The van der Waals surface area contributed by atoms with Gasteiger partial charge in [-0.25, -0.2) is 4.79 Å². The third kappa shape index (κ3) is 1.30. The first-order valence-electron chi connectivity index (χ1n) is 4.41. The highest BCUT2D eigenvalue weighted by Gasteiger charge is 2.08. The Morgan fingerprint density at radius 1 is 1.50 bits per heavy atom. The Hall–Kier alpha value is -1.03. The fraction of sp³-hybridized carbons (Fsp3) is 0.300. The molecule has 0 aliphatic heterocycles. The van der Waals surface area contributed by atoms with Crippen LogP contribution in [0.4, 0.5) is 0 Å². The smallest absolute Gasteiger partial charge is 0.408 e. The summed E-state index contributed by atoms with van der Waals surface area (Å²) in [6, 6.07) is 3.82. The molecule has 0 aliphatic rings. The summed E-state index contributed by atoms with van der Waals surface area (Å²) in [6.45, 7) is 2.07. The molecule has 3 nitrogen and oxygen atoms in total. The minimum absolute atomic E-state index is 0.319. The Bertz CT molecular complexity index is 539. The minimum atomic E-state index is -0.319. The first-order chi connectivity index (χ1) is 6.63. The predicted molar refractivity (Wildman–Crippen MR) is 58.5 cm³/mol. The van der Waals surface area contributed by atoms with Gasteiger partial charge in [0.15, 0.2) is 5.58 Å². The van der Waals surface area contributed by atoms with Gasteiger partial charge in [-0.1, -0.05) is 22.9 Å². The molecule has 14 heavy (non-hydrogen) atoms. The van der Waals surface area contributed by atoms with Crippen molar-refractivity contribution in [2.45, 2.75) is 13.3 Å². The van der Waals surface area contributed by atoms with Crippen molar-refractivity contribution >= 4 is 27.0 Å². The van der Waals surface area contributed by atoms with Gasteiger partial charge in [-0.15, -0.1) is 0 Å². The molecule has 2 rings (SSSR count). The predicted octanol–water partition coefficient (Wildman–Crippen LogP) is 2.46. The van der Waals surface area contributed by atoms with Gasteiger partial charge in [-0.05, 0) is 24.1 Å². The Kier molecular flexibility index (Phi) is 2.23. The van der Waals surface area contributed by atoms with E-state index in [4.69, 9.17) is 4.42 Å². The molecule has 1 heterocycles. The lowest BCUT2D eigenvalue weighted by Gasteiger charge is -2.00. The van der Waals surface area contributed by atoms with Gasteiger partial charge in [0.05, 0.1) is 5.52 Å². The molecular weight excluding hydrogens is 246 g/mol. The minimum Gasteiger partial charge on any atom is -0.408 e. The molecule has 0 fully saturated rings. The zero-order valence-electron chi connectivity index (χ0n) is 8.00. The van der Waals surface area contributed by atoms with E-state index in [1.165, 1.54) is 10.1 Å². The van der Waals surface area contributed by atoms with E-state index in [2.05, 4.69) is 22.9 Å². The van der Waals surface area contributed by atoms with Gasteiger partial charge in [-0.2, -0.15) is 0 Å². The molecule has 0 saturated carbocycles. The van der Waals surface area contributed by atoms with Crippen molar-refractivity contribution in [3.63, 3.8) is 0 Å². The van der Waals surface area contributed by atoms with Crippen molar-refractivity contribution in [2.75, 3.05) is 0 Å². The standard InChI is InChI=1S/C10H10BrNO2/c1-3-6-4-8-9(5-7(6)11)14-10(13)12(8)2/h4-5H,3H2,1-2H3. The average Bonchev–Trinajstić information content (AvgIpc) is 2.41. The summed E-state index contributed by atoms with van der Waals surface area (Å²) in [4.78, 5) is 11.2. The number of aryl methyl sites for hydroxylation is 2. The van der Waals surface area contributed by atoms with Crippen molar-refractivity contribution in [2.24, 2.45) is 7.05 Å². The van der Waals surface area contributed by atoms with Crippen LogP contribution in [0.25, 0.3) is 11.1 Å². The van der Waals surface area contributed by atoms with Crippen LogP contribution in [0, 0.1) is 0 Å². The van der Waals surface area contributed by atoms with Crippen molar-refractivity contribution < 1.29 is 4.42 Å². The second-order valence-electron chi connectivity index (χ2n) is 3.19. The lowest BCUT2D eigenvalue weighted by molar-refractivity contribution is 0.528. The summed E-state index contributed by atoms with van der Waals surface area (Å²) in [5.41, 5.74) is 2.64. The van der Waals surface area contributed by atoms with E-state index in [0.717, 1.165) is 16.4 Å². The Morgan fingerprint density at radius 3 is 2.86 bits per heavy atom. The van der Waals surface area contributed by atoms with Crippen molar-refractivity contribution in [1.29, 1.82) is 0 Å². The molecule has 0 N–H and O–H groups in total. The fourth-order valence-corrected chi connectivity index (χ4v) is 2.07. The molecule has 74 valence electrons. The molecule has 0 saturated heterocycles. The van der Waals surface area contributed by atoms with E-state index in [-0.39, 0.29) is 5.76 Å². The molecule has 0 amide bonds. The van der Waals surface area contributed by atoms with Crippen LogP contribution in [0.15, 0.2) is 25.8 Å². The largest absolute Gasteiger partial charge is 0.419 e. The zero-order valence-corrected chi connectivity index (χ0v) is 9.59. The van der Waals surface area contributed by atoms with Crippen LogP contribution in [0.1, 0.15) is 12.5 Å². The lowest BCUT2D eigenvalue weighted by Crippen LogP contribution is -2.08. The molecule has 4 heteroatoms. The summed E-state index contributed by atoms with van der Waals surface area (Å²) < 4.78 is 7.56. The lowest BCUT2D eigenvalue weighted by atomic mass is 10.1. The van der Waals surface area contributed by atoms with Crippen LogP contribution < -0.4 is 5.76 Å². The maximum atomic E-state index is 11.2. The molecular formula is C10H10BrNO2. The SMILES string of the molecule is CCc1cc2c(cc1Br)oc(=O)n2C. The first kappa shape index (κ1) is 9.52. The van der Waals surface area contributed by atoms with Gasteiger partial charge in [0.1, 0.15) is 0 Å². The maximum absolute atomic E-state index is 11.2. The van der Waals surface area contributed by atoms with E-state index >= 15 is 0 Å². The van der Waals surface area contributed by atoms with Gasteiger partial charge in [0.25, 0.3) is 0 Å². The molecule has 0 unspecified atom stereocenters. The Labute approximate surface area is 89.5 Å². The Balaban J connectivity index is 2.87. The van der Waals surface area contributed by atoms with E-state index in [1.807, 2.05) is 12.1 Å². The quantitative estimate of drug-likeness (QED) is 0.785. The highest BCUT2D eigenvalue weighted by molar-refractivity contribution is 9.10. The fourth-order valence-electron chi connectivity index (χ4n) is 1.46. The summed E-state index contributed by atoms with van der Waals surface area (Å²) in [7, 11) is 1.71. The average molecular weight is 256 g/mol. The van der Waals surface area contributed by atoms with Gasteiger partial charge < -0.3 is 4.42 Å². The number of oxazole rings is 1. The van der Waals surface area contributed by atoms with Gasteiger partial charge in [-0.3, -0.25) is 4.57 Å². The normalized spacial score (nSPS) is 11.1. The van der Waals surface area contributed by atoms with Crippen LogP contribution in [-0.4, -0.2) is 4.57 Å². The molecule has 0 atom stereocenters. The van der Waals surface area contributed by atoms with Gasteiger partial charge in [0.2, 0.25) is 0 Å². The van der Waals surface area contributed by atoms with E-state index in [9.17, 15) is 4.79 Å². The van der Waals surface area contributed by atoms with Crippen LogP contribution in [0.2, 0.25) is 0 Å². The summed E-state index contributed by atoms with van der Waals surface area (Å²) in [5, 5.41) is 0. The highest BCUT2D eigenvalue weighted by atomic mass is 79.9. The zero-order chi connectivity index (χ0) is 10.3. The second-order valence-corrected chi connectivity index (χ2v) is 4.05. The number of hydrogen-bond donors (Lipinski definition) is 0. The van der Waals surface area contributed by atoms with Crippen molar-refractivity contribution in [1.82, 2.24) is 4.57 Å². The molecule has 1 aromatic heterocycles. The third-order valence-electron chi connectivity index (χ3n) is 2.34. The number of fused-ring (bicyclic) bond motifs is 1. The van der Waals surface area contributed by atoms with E-state index < -0.39 is 0 Å². The number of benzene rings is 1. The molecule has 1 aromatic carbocycles. The number of nitrogens with zero attached hydrogens (tertiary/aromatic N) is 1. The van der Waals surface area contributed by atoms with Crippen LogP contribution in [0.5, 0.6) is 0 Å². The first-order valence-corrected chi connectivity index (χ1v) is 5.20. The van der Waals surface area contributed by atoms with Crippen LogP contribution >= 0.6 is 15.9 Å². The van der Waals surface area contributed by atoms with E-state index in [0.29, 0.717) is 5.58 Å². The Morgan fingerprint density at radius 2 is 2.21 bits per heavy atom. The van der Waals surface area contributed by atoms with Crippen LogP contribution in [-0.2, 0) is 13.5 Å². The summed E-state index contributed by atoms with van der Waals surface area (Å²) >= 11 is 3.44. The topological polar surface area (TPSA) is 35.1 Å². The monoisotopic (exact) mass is 255 g/mol. The second kappa shape index (κ2) is 3.28. The summed E-state index contributed by atoms with van der Waals surface area (Å²) in [6.07, 6.45) is 0.926. The molecule has 0 bridgehead atoms. The number of rotatable bonds is 1. The number of halogens is 1. The number of aromatic nitrogens is 1. The van der Waals surface area contributed by atoms with Crippen molar-refractivity contribution in [3.8, 4) is 0 Å². The van der Waals surface area contributed by atoms with Gasteiger partial charge in [0, 0.05) is 11.5 Å². The molecule has 0 radical (unpaired) electrons. The molecule has 2 aromatic rings. The highest BCUT2D eigenvalue weighted by Crippen LogP contribution is 2.23. The summed E-state index contributed by atoms with van der Waals surface area (Å²) in [5.74, 6) is -0.319. The molecule has 0 aliphatic carbocycles. The van der Waals surface area contributed by atoms with Crippen molar-refractivity contribution in [3.05, 3.63) is 32.7 Å². The van der Waals surface area contributed by atoms with Crippen LogP contribution in [0.3, 0.4) is 0 Å². The van der Waals surface area contributed by atoms with Gasteiger partial charge >= 0.3 is 5.76 Å². The maximum Gasteiger partial charge on any atom is 0.419 e. The number of hydrogen-bond acceptors (Lipinski definition) is 2. The molecule has 0 spiro atoms.